The minimum Gasteiger partial charge on any atom is -1.00 e. The Labute approximate surface area is 246 Å². The molecule has 0 saturated heterocycles. The summed E-state index contributed by atoms with van der Waals surface area (Å²) in [7, 11) is 7.35. The number of hydrogen-bond donors (Lipinski definition) is 2. The van der Waals surface area contributed by atoms with Gasteiger partial charge in [-0.25, -0.2) is 9.47 Å². The van der Waals surface area contributed by atoms with Gasteiger partial charge in [0.05, 0.1) is 54.4 Å². The maximum absolute atomic E-state index is 13.1. The highest BCUT2D eigenvalue weighted by Gasteiger charge is 2.51. The molecule has 8 nitrogen and oxygen atoms in total. The number of amides is 2. The number of ether oxygens (including phenoxy) is 2. The Balaban J connectivity index is -0.00000684. The molecule has 2 amide bonds. The minimum atomic E-state index is -5.67. The lowest BCUT2D eigenvalue weighted by atomic mass is 10.2. The lowest BCUT2D eigenvalue weighted by molar-refractivity contribution is -0.896. The van der Waals surface area contributed by atoms with Crippen molar-refractivity contribution in [2.75, 3.05) is 67.5 Å². The summed E-state index contributed by atoms with van der Waals surface area (Å²) in [6.45, 7) is 1.56. The van der Waals surface area contributed by atoms with E-state index in [0.29, 0.717) is 35.1 Å². The molecular formula is C20H34Br2F10N4O4. The number of rotatable bonds is 17. The van der Waals surface area contributed by atoms with Crippen LogP contribution in [0, 0.1) is 0 Å². The van der Waals surface area contributed by atoms with E-state index in [9.17, 15) is 53.5 Å². The van der Waals surface area contributed by atoms with E-state index in [0.717, 1.165) is 12.8 Å². The first-order chi connectivity index (χ1) is 16.9. The predicted molar refractivity (Wildman–Crippen MR) is 112 cm³/mol. The Hall–Kier alpha value is -0.960. The van der Waals surface area contributed by atoms with Gasteiger partial charge in [0.25, 0.3) is 0 Å². The number of quaternary nitrogens is 2. The molecule has 0 aromatic heterocycles. The van der Waals surface area contributed by atoms with E-state index >= 15 is 0 Å². The van der Waals surface area contributed by atoms with Crippen molar-refractivity contribution in [1.29, 1.82) is 0 Å². The minimum absolute atomic E-state index is 0. The molecule has 0 aliphatic carbocycles. The Kier molecular flexibility index (Phi) is 18.7. The Morgan fingerprint density at radius 1 is 0.550 bits per heavy atom. The van der Waals surface area contributed by atoms with Gasteiger partial charge in [0.15, 0.2) is 0 Å². The molecule has 40 heavy (non-hydrogen) atoms. The fourth-order valence-corrected chi connectivity index (χ4v) is 3.31. The highest BCUT2D eigenvalue weighted by Crippen LogP contribution is 2.28. The van der Waals surface area contributed by atoms with Gasteiger partial charge in [-0.3, -0.25) is 9.59 Å². The molecule has 0 unspecified atom stereocenters. The highest BCUT2D eigenvalue weighted by molar-refractivity contribution is 5.82. The molecular weight excluding hydrogens is 710 g/mol. The maximum Gasteiger partial charge on any atom is 0.527 e. The maximum atomic E-state index is 13.1. The first-order valence-electron chi connectivity index (χ1n) is 11.4. The molecule has 0 fully saturated rings. The summed E-state index contributed by atoms with van der Waals surface area (Å²) in [5, 5.41) is 3.41. The molecule has 0 rings (SSSR count). The summed E-state index contributed by atoms with van der Waals surface area (Å²) in [5.41, 5.74) is 0. The number of halogens is 12. The van der Waals surface area contributed by atoms with Crippen LogP contribution in [0.3, 0.4) is 0 Å². The van der Waals surface area contributed by atoms with Gasteiger partial charge in [0.2, 0.25) is 0 Å². The summed E-state index contributed by atoms with van der Waals surface area (Å²) in [6, 6.07) is 0. The molecule has 0 bridgehead atoms. The van der Waals surface area contributed by atoms with Gasteiger partial charge in [-0.2, -0.15) is 17.6 Å². The largest absolute Gasteiger partial charge is 1.00 e. The standard InChI is InChI=1S/C20H32F10N4O4.2BrH/c1-33(2,13-7-9-31-15(35)17(21,22)37-19(25,26)27)11-5-6-12-34(3,4)14-8-10-32-16(36)18(23,24)38-20(28,29)30;;/h5-14H2,1-4H3;2*1H. The first kappa shape index (κ1) is 43.5. The molecule has 0 aliphatic heterocycles. The van der Waals surface area contributed by atoms with E-state index in [4.69, 9.17) is 0 Å². The molecule has 0 atom stereocenters. The average Bonchev–Trinajstić information content (AvgIpc) is 2.68. The van der Waals surface area contributed by atoms with Crippen molar-refractivity contribution in [3.8, 4) is 0 Å². The molecule has 0 saturated carbocycles. The van der Waals surface area contributed by atoms with E-state index in [1.165, 1.54) is 0 Å². The molecule has 0 aromatic carbocycles. The van der Waals surface area contributed by atoms with Crippen LogP contribution in [-0.2, 0) is 19.1 Å². The SMILES string of the molecule is C[N+](C)(CCCC[N+](C)(C)CCCNC(=O)C(F)(F)OC(F)(F)F)CCCNC(=O)C(F)(F)OC(F)(F)F.[Br-].[Br-]. The molecule has 0 aliphatic rings. The van der Waals surface area contributed by atoms with Crippen LogP contribution >= 0.6 is 0 Å². The smallest absolute Gasteiger partial charge is 0.527 e. The van der Waals surface area contributed by atoms with E-state index < -0.39 is 36.8 Å². The zero-order valence-corrected chi connectivity index (χ0v) is 25.3. The average molecular weight is 744 g/mol. The van der Waals surface area contributed by atoms with Crippen molar-refractivity contribution in [1.82, 2.24) is 10.6 Å². The fraction of sp³-hybridized carbons (Fsp3) is 0.900. The molecule has 0 radical (unpaired) electrons. The number of hydrogen-bond acceptors (Lipinski definition) is 4. The zero-order valence-electron chi connectivity index (χ0n) is 22.1. The topological polar surface area (TPSA) is 76.7 Å². The lowest BCUT2D eigenvalue weighted by Crippen LogP contribution is -3.00. The van der Waals surface area contributed by atoms with Crippen LogP contribution in [0.2, 0.25) is 0 Å². The van der Waals surface area contributed by atoms with Crippen molar-refractivity contribution in [3.63, 3.8) is 0 Å². The van der Waals surface area contributed by atoms with Crippen LogP contribution in [0.5, 0.6) is 0 Å². The van der Waals surface area contributed by atoms with E-state index in [1.807, 2.05) is 28.2 Å². The van der Waals surface area contributed by atoms with Gasteiger partial charge in [-0.15, -0.1) is 26.3 Å². The van der Waals surface area contributed by atoms with Crippen LogP contribution in [0.25, 0.3) is 0 Å². The second-order valence-electron chi connectivity index (χ2n) is 9.82. The summed E-state index contributed by atoms with van der Waals surface area (Å²) in [6.07, 6.45) is -19.6. The Morgan fingerprint density at radius 2 is 0.800 bits per heavy atom. The van der Waals surface area contributed by atoms with Crippen molar-refractivity contribution in [2.24, 2.45) is 0 Å². The number of carbonyl (C=O) groups excluding carboxylic acids is 2. The molecule has 0 aromatic rings. The quantitative estimate of drug-likeness (QED) is 0.0961. The van der Waals surface area contributed by atoms with Crippen LogP contribution in [0.1, 0.15) is 25.7 Å². The van der Waals surface area contributed by atoms with Crippen molar-refractivity contribution < 1.29 is 106 Å². The van der Waals surface area contributed by atoms with E-state index in [2.05, 4.69) is 9.47 Å². The first-order valence-corrected chi connectivity index (χ1v) is 11.4. The van der Waals surface area contributed by atoms with Crippen LogP contribution in [0.4, 0.5) is 43.9 Å². The number of unbranched alkanes of at least 4 members (excludes halogenated alkanes) is 1. The second kappa shape index (κ2) is 17.2. The Morgan fingerprint density at radius 3 is 1.05 bits per heavy atom. The van der Waals surface area contributed by atoms with Crippen molar-refractivity contribution >= 4 is 11.8 Å². The molecule has 242 valence electrons. The fourth-order valence-electron chi connectivity index (χ4n) is 3.31. The van der Waals surface area contributed by atoms with Gasteiger partial charge >= 0.3 is 36.8 Å². The monoisotopic (exact) mass is 742 g/mol. The van der Waals surface area contributed by atoms with Gasteiger partial charge in [0, 0.05) is 38.8 Å². The molecule has 2 N–H and O–H groups in total. The van der Waals surface area contributed by atoms with Gasteiger partial charge in [0.1, 0.15) is 0 Å². The molecule has 20 heteroatoms. The number of carbonyl (C=O) groups is 2. The number of nitrogens with zero attached hydrogens (tertiary/aromatic N) is 2. The lowest BCUT2D eigenvalue weighted by Gasteiger charge is -2.32. The van der Waals surface area contributed by atoms with Crippen molar-refractivity contribution in [3.05, 3.63) is 0 Å². The van der Waals surface area contributed by atoms with Gasteiger partial charge in [-0.05, 0) is 0 Å². The van der Waals surface area contributed by atoms with E-state index in [-0.39, 0.29) is 59.9 Å². The highest BCUT2D eigenvalue weighted by atomic mass is 79.9. The third-order valence-electron chi connectivity index (χ3n) is 5.24. The van der Waals surface area contributed by atoms with Gasteiger partial charge < -0.3 is 53.6 Å². The van der Waals surface area contributed by atoms with Gasteiger partial charge in [-0.1, -0.05) is 0 Å². The third kappa shape index (κ3) is 20.8. The molecule has 0 heterocycles. The summed E-state index contributed by atoms with van der Waals surface area (Å²) in [5.74, 6) is -4.38. The van der Waals surface area contributed by atoms with Crippen LogP contribution in [-0.4, -0.2) is 113 Å². The van der Waals surface area contributed by atoms with E-state index in [1.54, 1.807) is 10.6 Å². The zero-order chi connectivity index (χ0) is 30.1. The number of nitrogens with one attached hydrogen (secondary N) is 2. The van der Waals surface area contributed by atoms with Crippen LogP contribution < -0.4 is 44.6 Å². The molecule has 0 spiro atoms. The second-order valence-corrected chi connectivity index (χ2v) is 9.82. The predicted octanol–water partition coefficient (Wildman–Crippen LogP) is -2.80. The summed E-state index contributed by atoms with van der Waals surface area (Å²) >= 11 is 0. The number of alkyl halides is 10. The Bertz CT molecular complexity index is 709. The summed E-state index contributed by atoms with van der Waals surface area (Å²) < 4.78 is 130. The third-order valence-corrected chi connectivity index (χ3v) is 5.24. The normalized spacial score (nSPS) is 13.2. The van der Waals surface area contributed by atoms with Crippen molar-refractivity contribution in [2.45, 2.75) is 50.6 Å². The summed E-state index contributed by atoms with van der Waals surface area (Å²) in [4.78, 5) is 22.4. The van der Waals surface area contributed by atoms with Crippen LogP contribution in [0.15, 0.2) is 0 Å².